The van der Waals surface area contributed by atoms with Crippen molar-refractivity contribution in [3.8, 4) is 0 Å². The Morgan fingerprint density at radius 2 is 2.31 bits per heavy atom. The highest BCUT2D eigenvalue weighted by Gasteiger charge is 2.35. The number of rotatable bonds is 5. The molecule has 1 atom stereocenters. The van der Waals surface area contributed by atoms with E-state index in [1.54, 1.807) is 30.9 Å². The minimum absolute atomic E-state index is 0.128. The topological polar surface area (TPSA) is 73.4 Å². The lowest BCUT2D eigenvalue weighted by atomic mass is 10.0. The molecule has 3 aromatic heterocycles. The molecular weight excluding hydrogens is 332 g/mol. The van der Waals surface area contributed by atoms with Crippen molar-refractivity contribution in [1.29, 1.82) is 0 Å². The first-order valence-electron chi connectivity index (χ1n) is 8.55. The molecule has 4 rings (SSSR count). The van der Waals surface area contributed by atoms with E-state index in [1.165, 1.54) is 6.26 Å². The number of ether oxygens (including phenoxy) is 1. The molecule has 1 unspecified atom stereocenters. The van der Waals surface area contributed by atoms with Crippen LogP contribution in [-0.4, -0.2) is 38.5 Å². The molecule has 0 saturated carbocycles. The second-order valence-corrected chi connectivity index (χ2v) is 6.31. The number of pyridine rings is 1. The van der Waals surface area contributed by atoms with Crippen molar-refractivity contribution in [2.75, 3.05) is 13.2 Å². The van der Waals surface area contributed by atoms with Crippen LogP contribution in [0.4, 0.5) is 0 Å². The third kappa shape index (κ3) is 3.13. The zero-order valence-electron chi connectivity index (χ0n) is 14.5. The minimum Gasteiger partial charge on any atom is -0.459 e. The van der Waals surface area contributed by atoms with E-state index in [0.717, 1.165) is 23.4 Å². The van der Waals surface area contributed by atoms with Crippen molar-refractivity contribution >= 4 is 5.91 Å². The van der Waals surface area contributed by atoms with E-state index >= 15 is 0 Å². The van der Waals surface area contributed by atoms with Crippen LogP contribution in [0.2, 0.25) is 0 Å². The molecule has 134 valence electrons. The summed E-state index contributed by atoms with van der Waals surface area (Å²) in [6.07, 6.45) is 7.54. The first-order valence-corrected chi connectivity index (χ1v) is 8.55. The van der Waals surface area contributed by atoms with Gasteiger partial charge in [0.05, 0.1) is 43.2 Å². The maximum absolute atomic E-state index is 12.9. The molecule has 0 saturated heterocycles. The SMILES string of the molecule is Cn1cnc2c1C(COCc1cccnc1)N(C(=O)c1ccco1)CC2. The fourth-order valence-corrected chi connectivity index (χ4v) is 3.36. The highest BCUT2D eigenvalue weighted by atomic mass is 16.5. The molecular formula is C19H20N4O3. The molecule has 0 bridgehead atoms. The number of fused-ring (bicyclic) bond motifs is 1. The van der Waals surface area contributed by atoms with Crippen LogP contribution < -0.4 is 0 Å². The van der Waals surface area contributed by atoms with Crippen LogP contribution in [0.1, 0.15) is 33.5 Å². The summed E-state index contributed by atoms with van der Waals surface area (Å²) in [6.45, 7) is 1.42. The minimum atomic E-state index is -0.208. The number of aromatic nitrogens is 3. The summed E-state index contributed by atoms with van der Waals surface area (Å²) >= 11 is 0. The molecule has 0 spiro atoms. The van der Waals surface area contributed by atoms with Crippen molar-refractivity contribution in [3.05, 3.63) is 72.0 Å². The van der Waals surface area contributed by atoms with Gasteiger partial charge in [-0.25, -0.2) is 4.98 Å². The Kier molecular flexibility index (Phi) is 4.53. The highest BCUT2D eigenvalue weighted by molar-refractivity contribution is 5.91. The van der Waals surface area contributed by atoms with Crippen LogP contribution in [0.15, 0.2) is 53.7 Å². The highest BCUT2D eigenvalue weighted by Crippen LogP contribution is 2.30. The molecule has 1 aliphatic rings. The maximum atomic E-state index is 12.9. The molecule has 1 amide bonds. The van der Waals surface area contributed by atoms with Gasteiger partial charge in [0.1, 0.15) is 0 Å². The molecule has 3 aromatic rings. The first kappa shape index (κ1) is 16.5. The number of nitrogens with zero attached hydrogens (tertiary/aromatic N) is 4. The predicted molar refractivity (Wildman–Crippen MR) is 93.3 cm³/mol. The number of amides is 1. The largest absolute Gasteiger partial charge is 0.459 e. The lowest BCUT2D eigenvalue weighted by Crippen LogP contribution is -2.42. The monoisotopic (exact) mass is 352 g/mol. The van der Waals surface area contributed by atoms with Gasteiger partial charge in [0.25, 0.3) is 5.91 Å². The zero-order chi connectivity index (χ0) is 17.9. The van der Waals surface area contributed by atoms with Gasteiger partial charge in [0, 0.05) is 32.4 Å². The number of imidazole rings is 1. The van der Waals surface area contributed by atoms with Crippen molar-refractivity contribution in [1.82, 2.24) is 19.4 Å². The third-order valence-corrected chi connectivity index (χ3v) is 4.60. The average Bonchev–Trinajstić information content (AvgIpc) is 3.33. The quantitative estimate of drug-likeness (QED) is 0.705. The van der Waals surface area contributed by atoms with Gasteiger partial charge in [0.2, 0.25) is 0 Å². The summed E-state index contributed by atoms with van der Waals surface area (Å²) in [5.41, 5.74) is 3.03. The lowest BCUT2D eigenvalue weighted by molar-refractivity contribution is 0.0306. The smallest absolute Gasteiger partial charge is 0.290 e. The van der Waals surface area contributed by atoms with Crippen LogP contribution >= 0.6 is 0 Å². The van der Waals surface area contributed by atoms with Crippen LogP contribution in [0, 0.1) is 0 Å². The van der Waals surface area contributed by atoms with E-state index in [0.29, 0.717) is 25.5 Å². The zero-order valence-corrected chi connectivity index (χ0v) is 14.5. The normalized spacial score (nSPS) is 16.5. The molecule has 0 N–H and O–H groups in total. The van der Waals surface area contributed by atoms with Crippen molar-refractivity contribution in [2.24, 2.45) is 7.05 Å². The molecule has 0 aromatic carbocycles. The second-order valence-electron chi connectivity index (χ2n) is 6.31. The van der Waals surface area contributed by atoms with Crippen molar-refractivity contribution < 1.29 is 13.9 Å². The maximum Gasteiger partial charge on any atom is 0.290 e. The Balaban J connectivity index is 1.55. The van der Waals surface area contributed by atoms with Crippen molar-refractivity contribution in [2.45, 2.75) is 19.1 Å². The standard InChI is InChI=1S/C19H20N4O3/c1-22-13-21-15-6-8-23(19(24)17-5-3-9-26-17)16(18(15)22)12-25-11-14-4-2-7-20-10-14/h2-5,7,9-10,13,16H,6,8,11-12H2,1H3. The Morgan fingerprint density at radius 3 is 3.08 bits per heavy atom. The van der Waals surface area contributed by atoms with Gasteiger partial charge in [-0.2, -0.15) is 0 Å². The van der Waals surface area contributed by atoms with Gasteiger partial charge >= 0.3 is 0 Å². The van der Waals surface area contributed by atoms with Crippen LogP contribution in [0.3, 0.4) is 0 Å². The van der Waals surface area contributed by atoms with Gasteiger partial charge in [-0.1, -0.05) is 6.07 Å². The Hall–Kier alpha value is -2.93. The summed E-state index contributed by atoms with van der Waals surface area (Å²) in [4.78, 5) is 23.3. The molecule has 0 radical (unpaired) electrons. The van der Waals surface area contributed by atoms with Crippen molar-refractivity contribution in [3.63, 3.8) is 0 Å². The van der Waals surface area contributed by atoms with Crippen LogP contribution in [0.5, 0.6) is 0 Å². The number of carbonyl (C=O) groups excluding carboxylic acids is 1. The number of aryl methyl sites for hydroxylation is 1. The van der Waals surface area contributed by atoms with Gasteiger partial charge in [-0.3, -0.25) is 9.78 Å². The van der Waals surface area contributed by atoms with E-state index in [4.69, 9.17) is 9.15 Å². The molecule has 4 heterocycles. The van der Waals surface area contributed by atoms with E-state index in [9.17, 15) is 4.79 Å². The summed E-state index contributed by atoms with van der Waals surface area (Å²) in [5.74, 6) is 0.213. The number of hydrogen-bond acceptors (Lipinski definition) is 5. The fourth-order valence-electron chi connectivity index (χ4n) is 3.36. The Labute approximate surface area is 151 Å². The predicted octanol–water partition coefficient (Wildman–Crippen LogP) is 2.36. The van der Waals surface area contributed by atoms with E-state index < -0.39 is 0 Å². The van der Waals surface area contributed by atoms with Gasteiger partial charge in [-0.15, -0.1) is 0 Å². The number of carbonyl (C=O) groups is 1. The van der Waals surface area contributed by atoms with Gasteiger partial charge < -0.3 is 18.6 Å². The third-order valence-electron chi connectivity index (χ3n) is 4.60. The summed E-state index contributed by atoms with van der Waals surface area (Å²) in [5, 5.41) is 0. The number of furan rings is 1. The molecule has 0 fully saturated rings. The molecule has 26 heavy (non-hydrogen) atoms. The fraction of sp³-hybridized carbons (Fsp3) is 0.316. The number of hydrogen-bond donors (Lipinski definition) is 0. The van der Waals surface area contributed by atoms with Crippen LogP contribution in [-0.2, 0) is 24.8 Å². The van der Waals surface area contributed by atoms with E-state index in [-0.39, 0.29) is 11.9 Å². The van der Waals surface area contributed by atoms with Crippen LogP contribution in [0.25, 0.3) is 0 Å². The molecule has 0 aliphatic carbocycles. The summed E-state index contributed by atoms with van der Waals surface area (Å²) < 4.78 is 13.2. The molecule has 7 nitrogen and oxygen atoms in total. The van der Waals surface area contributed by atoms with Gasteiger partial charge in [-0.05, 0) is 23.8 Å². The summed E-state index contributed by atoms with van der Waals surface area (Å²) in [6, 6.07) is 7.05. The van der Waals surface area contributed by atoms with E-state index in [1.807, 2.05) is 28.6 Å². The molecule has 7 heteroatoms. The lowest BCUT2D eigenvalue weighted by Gasteiger charge is -2.35. The first-order chi connectivity index (χ1) is 12.7. The van der Waals surface area contributed by atoms with E-state index in [2.05, 4.69) is 9.97 Å². The Morgan fingerprint density at radius 1 is 1.38 bits per heavy atom. The van der Waals surface area contributed by atoms with Gasteiger partial charge in [0.15, 0.2) is 5.76 Å². The Bertz CT molecular complexity index is 874. The second kappa shape index (κ2) is 7.13. The summed E-state index contributed by atoms with van der Waals surface area (Å²) in [7, 11) is 1.95. The molecule has 1 aliphatic heterocycles. The average molecular weight is 352 g/mol.